The van der Waals surface area contributed by atoms with E-state index in [1.165, 1.54) is 0 Å². The van der Waals surface area contributed by atoms with E-state index in [4.69, 9.17) is 9.84 Å². The summed E-state index contributed by atoms with van der Waals surface area (Å²) in [4.78, 5) is 25.3. The molecule has 0 saturated carbocycles. The Morgan fingerprint density at radius 2 is 2.04 bits per heavy atom. The maximum Gasteiger partial charge on any atom is 0.327 e. The lowest BCUT2D eigenvalue weighted by Gasteiger charge is -2.30. The summed E-state index contributed by atoms with van der Waals surface area (Å²) in [7, 11) is 0. The molecule has 0 radical (unpaired) electrons. The molecular weight excluding hydrogens is 386 g/mol. The SMILES string of the molecule is CCOC(=O)Cn1nc(C2CCN(C(C)=O)CC2)c2c(Br)cccc21. The van der Waals surface area contributed by atoms with Crippen LogP contribution in [0.2, 0.25) is 0 Å². The molecule has 0 bridgehead atoms. The number of carbonyl (C=O) groups is 2. The number of nitrogens with zero attached hydrogens (tertiary/aromatic N) is 3. The summed E-state index contributed by atoms with van der Waals surface area (Å²) in [6, 6.07) is 5.91. The normalized spacial score (nSPS) is 15.6. The first kappa shape index (κ1) is 17.9. The van der Waals surface area contributed by atoms with Crippen LogP contribution < -0.4 is 0 Å². The van der Waals surface area contributed by atoms with Gasteiger partial charge in [0.25, 0.3) is 0 Å². The van der Waals surface area contributed by atoms with E-state index in [0.29, 0.717) is 6.61 Å². The molecule has 7 heteroatoms. The molecule has 3 rings (SSSR count). The lowest BCUT2D eigenvalue weighted by Crippen LogP contribution is -2.36. The van der Waals surface area contributed by atoms with Crippen LogP contribution in [0.3, 0.4) is 0 Å². The highest BCUT2D eigenvalue weighted by molar-refractivity contribution is 9.10. The van der Waals surface area contributed by atoms with Crippen molar-refractivity contribution in [1.82, 2.24) is 14.7 Å². The smallest absolute Gasteiger partial charge is 0.327 e. The minimum atomic E-state index is -0.287. The number of amides is 1. The van der Waals surface area contributed by atoms with Crippen LogP contribution in [0.25, 0.3) is 10.9 Å². The van der Waals surface area contributed by atoms with Gasteiger partial charge in [-0.1, -0.05) is 22.0 Å². The van der Waals surface area contributed by atoms with Gasteiger partial charge in [0, 0.05) is 35.8 Å². The Balaban J connectivity index is 1.93. The van der Waals surface area contributed by atoms with Gasteiger partial charge in [0.05, 0.1) is 17.8 Å². The van der Waals surface area contributed by atoms with Crippen LogP contribution in [0.4, 0.5) is 0 Å². The Morgan fingerprint density at radius 3 is 2.68 bits per heavy atom. The molecule has 1 aromatic heterocycles. The highest BCUT2D eigenvalue weighted by Gasteiger charge is 2.27. The molecule has 6 nitrogen and oxygen atoms in total. The lowest BCUT2D eigenvalue weighted by atomic mass is 9.91. The predicted octanol–water partition coefficient (Wildman–Crippen LogP) is 3.09. The van der Waals surface area contributed by atoms with Crippen LogP contribution >= 0.6 is 15.9 Å². The average molecular weight is 408 g/mol. The van der Waals surface area contributed by atoms with Crippen molar-refractivity contribution in [2.45, 2.75) is 39.2 Å². The topological polar surface area (TPSA) is 64.4 Å². The summed E-state index contributed by atoms with van der Waals surface area (Å²) in [6.45, 7) is 5.36. The Hall–Kier alpha value is -1.89. The van der Waals surface area contributed by atoms with Crippen molar-refractivity contribution in [1.29, 1.82) is 0 Å². The summed E-state index contributed by atoms with van der Waals surface area (Å²) in [5.41, 5.74) is 1.92. The van der Waals surface area contributed by atoms with Crippen LogP contribution in [-0.2, 0) is 20.9 Å². The van der Waals surface area contributed by atoms with Crippen molar-refractivity contribution < 1.29 is 14.3 Å². The van der Waals surface area contributed by atoms with Gasteiger partial charge in [-0.2, -0.15) is 5.10 Å². The van der Waals surface area contributed by atoms with Gasteiger partial charge in [-0.05, 0) is 31.9 Å². The number of carbonyl (C=O) groups excluding carboxylic acids is 2. The van der Waals surface area contributed by atoms with Crippen LogP contribution in [0, 0.1) is 0 Å². The van der Waals surface area contributed by atoms with Crippen LogP contribution in [0.5, 0.6) is 0 Å². The van der Waals surface area contributed by atoms with Gasteiger partial charge < -0.3 is 9.64 Å². The standard InChI is InChI=1S/C18H22BrN3O3/c1-3-25-16(24)11-22-15-6-4-5-14(19)17(15)18(20-22)13-7-9-21(10-8-13)12(2)23/h4-6,13H,3,7-11H2,1-2H3. The molecule has 1 aromatic carbocycles. The van der Waals surface area contributed by atoms with E-state index in [9.17, 15) is 9.59 Å². The van der Waals surface area contributed by atoms with Gasteiger partial charge in [-0.15, -0.1) is 0 Å². The highest BCUT2D eigenvalue weighted by atomic mass is 79.9. The number of ether oxygens (including phenoxy) is 1. The average Bonchev–Trinajstić information content (AvgIpc) is 2.95. The number of fused-ring (bicyclic) bond motifs is 1. The quantitative estimate of drug-likeness (QED) is 0.730. The fraction of sp³-hybridized carbons (Fsp3) is 0.500. The largest absolute Gasteiger partial charge is 0.465 e. The lowest BCUT2D eigenvalue weighted by molar-refractivity contribution is -0.144. The van der Waals surface area contributed by atoms with Crippen molar-refractivity contribution in [2.75, 3.05) is 19.7 Å². The molecule has 0 N–H and O–H groups in total. The molecule has 0 aliphatic carbocycles. The Kier molecular flexibility index (Phi) is 5.42. The molecule has 0 spiro atoms. The zero-order chi connectivity index (χ0) is 18.0. The van der Waals surface area contributed by atoms with Gasteiger partial charge in [-0.3, -0.25) is 14.3 Å². The maximum absolute atomic E-state index is 11.9. The molecule has 1 aliphatic heterocycles. The number of likely N-dealkylation sites (tertiary alicyclic amines) is 1. The molecule has 1 saturated heterocycles. The summed E-state index contributed by atoms with van der Waals surface area (Å²) < 4.78 is 7.77. The third-order valence-corrected chi connectivity index (χ3v) is 5.33. The van der Waals surface area contributed by atoms with E-state index < -0.39 is 0 Å². The maximum atomic E-state index is 11.9. The zero-order valence-electron chi connectivity index (χ0n) is 14.5. The molecule has 2 aromatic rings. The van der Waals surface area contributed by atoms with E-state index >= 15 is 0 Å². The van der Waals surface area contributed by atoms with Gasteiger partial charge >= 0.3 is 5.97 Å². The van der Waals surface area contributed by atoms with Crippen molar-refractivity contribution in [2.24, 2.45) is 0 Å². The van der Waals surface area contributed by atoms with E-state index in [1.54, 1.807) is 18.5 Å². The number of hydrogen-bond acceptors (Lipinski definition) is 4. The second-order valence-corrected chi connectivity index (χ2v) is 7.12. The number of piperidine rings is 1. The number of aromatic nitrogens is 2. The number of rotatable bonds is 4. The molecule has 1 fully saturated rings. The van der Waals surface area contributed by atoms with Crippen molar-refractivity contribution in [3.63, 3.8) is 0 Å². The monoisotopic (exact) mass is 407 g/mol. The van der Waals surface area contributed by atoms with Gasteiger partial charge in [0.15, 0.2) is 0 Å². The Bertz CT molecular complexity index is 794. The van der Waals surface area contributed by atoms with E-state index in [2.05, 4.69) is 15.9 Å². The van der Waals surface area contributed by atoms with Crippen molar-refractivity contribution >= 4 is 38.7 Å². The van der Waals surface area contributed by atoms with E-state index in [-0.39, 0.29) is 24.3 Å². The predicted molar refractivity (Wildman–Crippen MR) is 98.3 cm³/mol. The fourth-order valence-electron chi connectivity index (χ4n) is 3.42. The Labute approximate surface area is 155 Å². The first-order valence-electron chi connectivity index (χ1n) is 8.57. The summed E-state index contributed by atoms with van der Waals surface area (Å²) in [6.07, 6.45) is 1.76. The molecule has 0 unspecified atom stereocenters. The summed E-state index contributed by atoms with van der Waals surface area (Å²) in [5.74, 6) is 0.113. The number of hydrogen-bond donors (Lipinski definition) is 0. The molecule has 2 heterocycles. The Morgan fingerprint density at radius 1 is 1.32 bits per heavy atom. The third kappa shape index (κ3) is 3.71. The second kappa shape index (κ2) is 7.56. The molecule has 25 heavy (non-hydrogen) atoms. The van der Waals surface area contributed by atoms with Gasteiger partial charge in [0.1, 0.15) is 6.54 Å². The molecule has 1 aliphatic rings. The van der Waals surface area contributed by atoms with E-state index in [0.717, 1.165) is 47.0 Å². The molecule has 134 valence electrons. The van der Waals surface area contributed by atoms with Crippen molar-refractivity contribution in [3.05, 3.63) is 28.4 Å². The van der Waals surface area contributed by atoms with Crippen LogP contribution in [0.15, 0.2) is 22.7 Å². The zero-order valence-corrected chi connectivity index (χ0v) is 16.1. The number of halogens is 1. The minimum Gasteiger partial charge on any atom is -0.465 e. The second-order valence-electron chi connectivity index (χ2n) is 6.26. The van der Waals surface area contributed by atoms with Crippen LogP contribution in [0.1, 0.15) is 38.3 Å². The minimum absolute atomic E-state index is 0.104. The van der Waals surface area contributed by atoms with Crippen molar-refractivity contribution in [3.8, 4) is 0 Å². The summed E-state index contributed by atoms with van der Waals surface area (Å²) in [5, 5.41) is 5.80. The first-order chi connectivity index (χ1) is 12.0. The summed E-state index contributed by atoms with van der Waals surface area (Å²) >= 11 is 3.63. The molecule has 1 amide bonds. The third-order valence-electron chi connectivity index (χ3n) is 4.67. The fourth-order valence-corrected chi connectivity index (χ4v) is 3.98. The highest BCUT2D eigenvalue weighted by Crippen LogP contribution is 2.36. The van der Waals surface area contributed by atoms with Gasteiger partial charge in [-0.25, -0.2) is 0 Å². The van der Waals surface area contributed by atoms with E-state index in [1.807, 2.05) is 23.1 Å². The first-order valence-corrected chi connectivity index (χ1v) is 9.36. The number of benzene rings is 1. The van der Waals surface area contributed by atoms with Crippen LogP contribution in [-0.4, -0.2) is 46.3 Å². The van der Waals surface area contributed by atoms with Gasteiger partial charge in [0.2, 0.25) is 5.91 Å². The molecule has 0 atom stereocenters. The number of esters is 1. The molecular formula is C18H22BrN3O3.